The van der Waals surface area contributed by atoms with Crippen molar-refractivity contribution in [1.82, 2.24) is 0 Å². The van der Waals surface area contributed by atoms with Crippen LogP contribution in [-0.4, -0.2) is 17.7 Å². The lowest BCUT2D eigenvalue weighted by atomic mass is 10.2. The van der Waals surface area contributed by atoms with Gasteiger partial charge in [-0.05, 0) is 13.8 Å². The zero-order valence-corrected chi connectivity index (χ0v) is 8.20. The lowest BCUT2D eigenvalue weighted by Crippen LogP contribution is -1.96. The van der Waals surface area contributed by atoms with Gasteiger partial charge in [-0.2, -0.15) is 0 Å². The van der Waals surface area contributed by atoms with E-state index < -0.39 is 11.9 Å². The average Bonchev–Trinajstić information content (AvgIpc) is 2.32. The highest BCUT2D eigenvalue weighted by Crippen LogP contribution is 1.93. The Morgan fingerprint density at radius 2 is 1.71 bits per heavy atom. The van der Waals surface area contributed by atoms with E-state index in [4.69, 9.17) is 0 Å². The van der Waals surface area contributed by atoms with Crippen LogP contribution >= 0.6 is 0 Å². The second-order valence-corrected chi connectivity index (χ2v) is 2.91. The van der Waals surface area contributed by atoms with Crippen LogP contribution in [0.25, 0.3) is 0 Å². The van der Waals surface area contributed by atoms with Gasteiger partial charge in [0, 0.05) is 18.6 Å². The Balaban J connectivity index is 0.000000241. The summed E-state index contributed by atoms with van der Waals surface area (Å²) >= 11 is 0. The molecule has 0 aromatic rings. The Hall–Kier alpha value is -1.71. The molecular weight excluding hydrogens is 184 g/mol. The fourth-order valence-corrected chi connectivity index (χ4v) is 0.728. The predicted octanol–water partition coefficient (Wildman–Crippen LogP) is 1.17. The summed E-state index contributed by atoms with van der Waals surface area (Å²) in [5.74, 6) is -0.970. The van der Waals surface area contributed by atoms with E-state index in [2.05, 4.69) is 11.3 Å². The summed E-state index contributed by atoms with van der Waals surface area (Å²) < 4.78 is 3.97. The molecular formula is C10H12O4. The first kappa shape index (κ1) is 12.3. The average molecular weight is 196 g/mol. The number of cyclic esters (lactones) is 2. The normalized spacial score (nSPS) is 13.0. The number of carbonyl (C=O) groups excluding carboxylic acids is 3. The summed E-state index contributed by atoms with van der Waals surface area (Å²) in [5.41, 5.74) is 0.938. The molecule has 1 aliphatic heterocycles. The minimum atomic E-state index is -0.579. The molecule has 0 saturated carbocycles. The van der Waals surface area contributed by atoms with Gasteiger partial charge in [-0.3, -0.25) is 4.79 Å². The number of carbonyl (C=O) groups is 3. The smallest absolute Gasteiger partial charge is 0.338 e. The molecule has 1 rings (SSSR count). The van der Waals surface area contributed by atoms with Crippen LogP contribution in [0.5, 0.6) is 0 Å². The molecule has 0 unspecified atom stereocenters. The van der Waals surface area contributed by atoms with E-state index in [0.717, 1.165) is 17.7 Å². The fourth-order valence-electron chi connectivity index (χ4n) is 0.728. The number of ether oxygens (including phenoxy) is 1. The van der Waals surface area contributed by atoms with Gasteiger partial charge in [0.05, 0.1) is 0 Å². The molecule has 4 heteroatoms. The summed E-state index contributed by atoms with van der Waals surface area (Å²) in [6.45, 7) is 6.99. The Kier molecular flexibility index (Phi) is 5.14. The number of Topliss-reactive ketones (excluding diaryl/α,β-unsaturated/α-hetero) is 1. The third kappa shape index (κ3) is 6.97. The van der Waals surface area contributed by atoms with Crippen LogP contribution in [0.15, 0.2) is 24.3 Å². The summed E-state index contributed by atoms with van der Waals surface area (Å²) in [4.78, 5) is 30.0. The molecule has 14 heavy (non-hydrogen) atoms. The summed E-state index contributed by atoms with van der Waals surface area (Å²) in [7, 11) is 0. The van der Waals surface area contributed by atoms with Crippen LogP contribution in [-0.2, 0) is 19.1 Å². The third-order valence-corrected chi connectivity index (χ3v) is 1.11. The maximum atomic E-state index is 10.2. The second kappa shape index (κ2) is 5.85. The van der Waals surface area contributed by atoms with Crippen molar-refractivity contribution >= 4 is 17.7 Å². The minimum absolute atomic E-state index is 0.188. The van der Waals surface area contributed by atoms with Crippen molar-refractivity contribution in [3.8, 4) is 0 Å². The van der Waals surface area contributed by atoms with E-state index in [1.54, 1.807) is 6.92 Å². The molecule has 76 valence electrons. The van der Waals surface area contributed by atoms with Crippen molar-refractivity contribution in [2.45, 2.75) is 20.3 Å². The fraction of sp³-hybridized carbons (Fsp3) is 0.300. The molecule has 0 fully saturated rings. The van der Waals surface area contributed by atoms with Gasteiger partial charge in [-0.15, -0.1) is 0 Å². The first-order valence-electron chi connectivity index (χ1n) is 3.99. The Morgan fingerprint density at radius 3 is 1.79 bits per heavy atom. The van der Waals surface area contributed by atoms with Crippen LogP contribution in [0, 0.1) is 0 Å². The van der Waals surface area contributed by atoms with Crippen molar-refractivity contribution in [1.29, 1.82) is 0 Å². The van der Waals surface area contributed by atoms with Gasteiger partial charge in [0.1, 0.15) is 5.78 Å². The van der Waals surface area contributed by atoms with Crippen molar-refractivity contribution in [3.63, 3.8) is 0 Å². The molecule has 1 heterocycles. The predicted molar refractivity (Wildman–Crippen MR) is 50.4 cm³/mol. The monoisotopic (exact) mass is 196 g/mol. The maximum absolute atomic E-state index is 10.2. The van der Waals surface area contributed by atoms with Crippen molar-refractivity contribution < 1.29 is 19.1 Å². The van der Waals surface area contributed by atoms with Crippen molar-refractivity contribution in [3.05, 3.63) is 24.3 Å². The molecule has 0 amide bonds. The number of rotatable bonds is 2. The highest BCUT2D eigenvalue weighted by atomic mass is 16.6. The Bertz CT molecular complexity index is 271. The minimum Gasteiger partial charge on any atom is -0.387 e. The highest BCUT2D eigenvalue weighted by molar-refractivity contribution is 6.04. The maximum Gasteiger partial charge on any atom is 0.338 e. The van der Waals surface area contributed by atoms with Crippen LogP contribution in [0.1, 0.15) is 20.3 Å². The largest absolute Gasteiger partial charge is 0.387 e. The van der Waals surface area contributed by atoms with Gasteiger partial charge >= 0.3 is 11.9 Å². The first-order valence-corrected chi connectivity index (χ1v) is 3.99. The standard InChI is InChI=1S/C6H10O.C4H2O3/c1-5(2)4-6(3)7;5-3-1-2-4(6)7-3/h1,4H2,2-3H3;1-2H. The molecule has 0 aromatic heterocycles. The Morgan fingerprint density at radius 1 is 1.29 bits per heavy atom. The lowest BCUT2D eigenvalue weighted by Gasteiger charge is -1.87. The topological polar surface area (TPSA) is 60.4 Å². The van der Waals surface area contributed by atoms with Gasteiger partial charge < -0.3 is 4.74 Å². The summed E-state index contributed by atoms with van der Waals surface area (Å²) in [6, 6.07) is 0. The van der Waals surface area contributed by atoms with Crippen LogP contribution in [0.3, 0.4) is 0 Å². The molecule has 0 atom stereocenters. The van der Waals surface area contributed by atoms with Crippen LogP contribution in [0.2, 0.25) is 0 Å². The van der Waals surface area contributed by atoms with E-state index in [9.17, 15) is 14.4 Å². The van der Waals surface area contributed by atoms with Crippen LogP contribution < -0.4 is 0 Å². The first-order chi connectivity index (χ1) is 6.41. The van der Waals surface area contributed by atoms with Crippen LogP contribution in [0.4, 0.5) is 0 Å². The van der Waals surface area contributed by atoms with Gasteiger partial charge in [0.2, 0.25) is 0 Å². The number of esters is 2. The highest BCUT2D eigenvalue weighted by Gasteiger charge is 2.10. The van der Waals surface area contributed by atoms with Gasteiger partial charge in [-0.25, -0.2) is 9.59 Å². The molecule has 0 saturated heterocycles. The summed E-state index contributed by atoms with van der Waals surface area (Å²) in [6.07, 6.45) is 2.70. The lowest BCUT2D eigenvalue weighted by molar-refractivity contribution is -0.150. The van der Waals surface area contributed by atoms with Gasteiger partial charge in [-0.1, -0.05) is 12.2 Å². The quantitative estimate of drug-likeness (QED) is 0.378. The van der Waals surface area contributed by atoms with E-state index in [0.29, 0.717) is 6.42 Å². The molecule has 1 aliphatic rings. The van der Waals surface area contributed by atoms with E-state index in [1.165, 1.54) is 0 Å². The molecule has 0 aromatic carbocycles. The Labute approximate surface area is 82.2 Å². The molecule has 0 N–H and O–H groups in total. The number of ketones is 1. The molecule has 0 aliphatic carbocycles. The van der Waals surface area contributed by atoms with Crippen molar-refractivity contribution in [2.24, 2.45) is 0 Å². The van der Waals surface area contributed by atoms with Gasteiger partial charge in [0.25, 0.3) is 0 Å². The molecule has 4 nitrogen and oxygen atoms in total. The second-order valence-electron chi connectivity index (χ2n) is 2.91. The third-order valence-electron chi connectivity index (χ3n) is 1.11. The zero-order chi connectivity index (χ0) is 11.1. The zero-order valence-electron chi connectivity index (χ0n) is 8.20. The van der Waals surface area contributed by atoms with E-state index in [1.807, 2.05) is 6.92 Å². The number of hydrogen-bond acceptors (Lipinski definition) is 4. The van der Waals surface area contributed by atoms with Crippen molar-refractivity contribution in [2.75, 3.05) is 0 Å². The molecule has 0 bridgehead atoms. The number of allylic oxidation sites excluding steroid dienone is 1. The van der Waals surface area contributed by atoms with E-state index in [-0.39, 0.29) is 5.78 Å². The SMILES string of the molecule is C=C(C)CC(C)=O.O=C1C=CC(=O)O1. The summed E-state index contributed by atoms with van der Waals surface area (Å²) in [5, 5.41) is 0. The molecule has 0 spiro atoms. The molecule has 0 radical (unpaired) electrons. The number of hydrogen-bond donors (Lipinski definition) is 0. The van der Waals surface area contributed by atoms with Gasteiger partial charge in [0.15, 0.2) is 0 Å². The van der Waals surface area contributed by atoms with E-state index >= 15 is 0 Å².